The monoisotopic (exact) mass is 342 g/mol. The first-order valence-electron chi connectivity index (χ1n) is 8.23. The van der Waals surface area contributed by atoms with Crippen LogP contribution in [0, 0.1) is 25.2 Å². The van der Waals surface area contributed by atoms with Crippen molar-refractivity contribution in [1.82, 2.24) is 0 Å². The number of anilines is 1. The van der Waals surface area contributed by atoms with Crippen LogP contribution in [-0.2, 0) is 4.79 Å². The summed E-state index contributed by atoms with van der Waals surface area (Å²) in [6.07, 6.45) is 1.45. The second-order valence-electron chi connectivity index (χ2n) is 5.94. The Morgan fingerprint density at radius 3 is 2.54 bits per heavy atom. The summed E-state index contributed by atoms with van der Waals surface area (Å²) < 4.78 is 5.74. The van der Waals surface area contributed by atoms with E-state index in [1.807, 2.05) is 74.5 Å². The largest absolute Gasteiger partial charge is 0.457 e. The second kappa shape index (κ2) is 7.54. The number of benzene rings is 2. The molecule has 0 saturated carbocycles. The Balaban J connectivity index is 1.82. The molecule has 1 heterocycles. The van der Waals surface area contributed by atoms with E-state index in [4.69, 9.17) is 4.42 Å². The topological polar surface area (TPSA) is 66.0 Å². The molecule has 0 spiro atoms. The van der Waals surface area contributed by atoms with Crippen molar-refractivity contribution in [2.24, 2.45) is 0 Å². The summed E-state index contributed by atoms with van der Waals surface area (Å²) in [7, 11) is 0. The molecule has 1 aromatic heterocycles. The maximum Gasteiger partial charge on any atom is 0.266 e. The predicted octanol–water partition coefficient (Wildman–Crippen LogP) is 5.11. The Bertz CT molecular complexity index is 1010. The first-order chi connectivity index (χ1) is 12.6. The highest BCUT2D eigenvalue weighted by Crippen LogP contribution is 2.23. The number of rotatable bonds is 4. The summed E-state index contributed by atoms with van der Waals surface area (Å²) in [5.74, 6) is 0.680. The number of aryl methyl sites for hydroxylation is 1. The van der Waals surface area contributed by atoms with Gasteiger partial charge >= 0.3 is 0 Å². The van der Waals surface area contributed by atoms with Gasteiger partial charge in [-0.1, -0.05) is 42.5 Å². The Morgan fingerprint density at radius 1 is 1.04 bits per heavy atom. The van der Waals surface area contributed by atoms with Crippen LogP contribution < -0.4 is 5.32 Å². The SMILES string of the molecule is Cc1cccc(NC(=O)/C(C#N)=C/c2ccc(-c3ccccc3)o2)c1C. The number of hydrogen-bond acceptors (Lipinski definition) is 3. The van der Waals surface area contributed by atoms with Crippen molar-refractivity contribution in [3.05, 3.63) is 83.1 Å². The van der Waals surface area contributed by atoms with Gasteiger partial charge in [-0.2, -0.15) is 5.26 Å². The van der Waals surface area contributed by atoms with Crippen LogP contribution in [0.3, 0.4) is 0 Å². The van der Waals surface area contributed by atoms with Gasteiger partial charge < -0.3 is 9.73 Å². The summed E-state index contributed by atoms with van der Waals surface area (Å²) in [6, 6.07) is 20.8. The molecular weight excluding hydrogens is 324 g/mol. The van der Waals surface area contributed by atoms with Crippen LogP contribution in [0.15, 0.2) is 70.7 Å². The molecule has 0 radical (unpaired) electrons. The average Bonchev–Trinajstić information content (AvgIpc) is 3.13. The molecule has 0 bridgehead atoms. The zero-order chi connectivity index (χ0) is 18.5. The first-order valence-corrected chi connectivity index (χ1v) is 8.23. The van der Waals surface area contributed by atoms with Crippen molar-refractivity contribution in [3.8, 4) is 17.4 Å². The smallest absolute Gasteiger partial charge is 0.266 e. The molecule has 0 aliphatic rings. The maximum atomic E-state index is 12.4. The van der Waals surface area contributed by atoms with Crippen molar-refractivity contribution in [2.75, 3.05) is 5.32 Å². The van der Waals surface area contributed by atoms with E-state index in [9.17, 15) is 10.1 Å². The number of carbonyl (C=O) groups is 1. The summed E-state index contributed by atoms with van der Waals surface area (Å²) in [6.45, 7) is 3.90. The van der Waals surface area contributed by atoms with Gasteiger partial charge in [0.15, 0.2) is 0 Å². The molecule has 0 aliphatic carbocycles. The molecule has 0 saturated heterocycles. The summed E-state index contributed by atoms with van der Waals surface area (Å²) in [4.78, 5) is 12.4. The number of hydrogen-bond donors (Lipinski definition) is 1. The maximum absolute atomic E-state index is 12.4. The molecule has 2 aromatic carbocycles. The van der Waals surface area contributed by atoms with Gasteiger partial charge in [-0.25, -0.2) is 0 Å². The minimum atomic E-state index is -0.459. The summed E-state index contributed by atoms with van der Waals surface area (Å²) >= 11 is 0. The minimum Gasteiger partial charge on any atom is -0.457 e. The zero-order valence-corrected chi connectivity index (χ0v) is 14.6. The van der Waals surface area contributed by atoms with Crippen molar-refractivity contribution >= 4 is 17.7 Å². The number of carbonyl (C=O) groups excluding carboxylic acids is 1. The molecular formula is C22H18N2O2. The molecule has 3 rings (SSSR count). The van der Waals surface area contributed by atoms with E-state index in [0.717, 1.165) is 16.7 Å². The van der Waals surface area contributed by atoms with Crippen molar-refractivity contribution in [2.45, 2.75) is 13.8 Å². The van der Waals surface area contributed by atoms with Crippen LogP contribution in [-0.4, -0.2) is 5.91 Å². The standard InChI is InChI=1S/C22H18N2O2/c1-15-7-6-10-20(16(15)2)24-22(25)18(14-23)13-19-11-12-21(26-19)17-8-4-3-5-9-17/h3-13H,1-2H3,(H,24,25)/b18-13+. The van der Waals surface area contributed by atoms with E-state index < -0.39 is 5.91 Å². The van der Waals surface area contributed by atoms with E-state index in [1.165, 1.54) is 6.08 Å². The summed E-state index contributed by atoms with van der Waals surface area (Å²) in [5.41, 5.74) is 3.66. The van der Waals surface area contributed by atoms with Gasteiger partial charge in [0.25, 0.3) is 5.91 Å². The third-order valence-corrected chi connectivity index (χ3v) is 4.19. The second-order valence-corrected chi connectivity index (χ2v) is 5.94. The van der Waals surface area contributed by atoms with Crippen LogP contribution in [0.25, 0.3) is 17.4 Å². The number of nitriles is 1. The number of nitrogens with zero attached hydrogens (tertiary/aromatic N) is 1. The lowest BCUT2D eigenvalue weighted by Gasteiger charge is -2.09. The van der Waals surface area contributed by atoms with Gasteiger partial charge in [0, 0.05) is 17.3 Å². The molecule has 0 atom stereocenters. The van der Waals surface area contributed by atoms with Crippen molar-refractivity contribution in [3.63, 3.8) is 0 Å². The van der Waals surface area contributed by atoms with Gasteiger partial charge in [0.1, 0.15) is 23.2 Å². The quantitative estimate of drug-likeness (QED) is 0.529. The third kappa shape index (κ3) is 3.73. The zero-order valence-electron chi connectivity index (χ0n) is 14.6. The first kappa shape index (κ1) is 17.2. The van der Waals surface area contributed by atoms with E-state index in [0.29, 0.717) is 17.2 Å². The fourth-order valence-electron chi connectivity index (χ4n) is 2.55. The van der Waals surface area contributed by atoms with Crippen LogP contribution in [0.5, 0.6) is 0 Å². The highest BCUT2D eigenvalue weighted by Gasteiger charge is 2.13. The number of amides is 1. The predicted molar refractivity (Wildman–Crippen MR) is 102 cm³/mol. The van der Waals surface area contributed by atoms with Crippen LogP contribution in [0.2, 0.25) is 0 Å². The highest BCUT2D eigenvalue weighted by atomic mass is 16.3. The fourth-order valence-corrected chi connectivity index (χ4v) is 2.55. The highest BCUT2D eigenvalue weighted by molar-refractivity contribution is 6.09. The normalized spacial score (nSPS) is 11.0. The number of nitrogens with one attached hydrogen (secondary N) is 1. The minimum absolute atomic E-state index is 0.0140. The van der Waals surface area contributed by atoms with E-state index in [2.05, 4.69) is 5.32 Å². The molecule has 0 fully saturated rings. The fraction of sp³-hybridized carbons (Fsp3) is 0.0909. The van der Waals surface area contributed by atoms with E-state index in [-0.39, 0.29) is 5.57 Å². The molecule has 0 aliphatic heterocycles. The van der Waals surface area contributed by atoms with Crippen LogP contribution >= 0.6 is 0 Å². The number of furan rings is 1. The average molecular weight is 342 g/mol. The molecule has 26 heavy (non-hydrogen) atoms. The molecule has 1 N–H and O–H groups in total. The van der Waals surface area contributed by atoms with Gasteiger partial charge in [0.2, 0.25) is 0 Å². The molecule has 1 amide bonds. The van der Waals surface area contributed by atoms with Gasteiger partial charge in [-0.15, -0.1) is 0 Å². The van der Waals surface area contributed by atoms with Crippen molar-refractivity contribution < 1.29 is 9.21 Å². The Hall–Kier alpha value is -3.58. The summed E-state index contributed by atoms with van der Waals surface area (Å²) in [5, 5.41) is 12.2. The molecule has 128 valence electrons. The van der Waals surface area contributed by atoms with Crippen molar-refractivity contribution in [1.29, 1.82) is 5.26 Å². The molecule has 0 unspecified atom stereocenters. The Kier molecular flexibility index (Phi) is 5.00. The van der Waals surface area contributed by atoms with Crippen LogP contribution in [0.4, 0.5) is 5.69 Å². The van der Waals surface area contributed by atoms with Crippen LogP contribution in [0.1, 0.15) is 16.9 Å². The van der Waals surface area contributed by atoms with E-state index in [1.54, 1.807) is 6.07 Å². The Morgan fingerprint density at radius 2 is 1.81 bits per heavy atom. The Labute approximate surface area is 152 Å². The molecule has 3 aromatic rings. The third-order valence-electron chi connectivity index (χ3n) is 4.19. The lowest BCUT2D eigenvalue weighted by Crippen LogP contribution is -2.14. The van der Waals surface area contributed by atoms with Gasteiger partial charge in [0.05, 0.1) is 0 Å². The van der Waals surface area contributed by atoms with E-state index >= 15 is 0 Å². The molecule has 4 nitrogen and oxygen atoms in total. The lowest BCUT2D eigenvalue weighted by molar-refractivity contribution is -0.112. The lowest BCUT2D eigenvalue weighted by atomic mass is 10.1. The van der Waals surface area contributed by atoms with Gasteiger partial charge in [-0.05, 0) is 43.2 Å². The molecule has 4 heteroatoms. The van der Waals surface area contributed by atoms with Gasteiger partial charge in [-0.3, -0.25) is 4.79 Å².